The third-order valence-electron chi connectivity index (χ3n) is 1.51. The third-order valence-corrected chi connectivity index (χ3v) is 1.51. The van der Waals surface area contributed by atoms with E-state index in [2.05, 4.69) is 9.99 Å². The number of phenols is 1. The summed E-state index contributed by atoms with van der Waals surface area (Å²) in [5.41, 5.74) is 1.73. The lowest BCUT2D eigenvalue weighted by Gasteiger charge is -1.98. The lowest BCUT2D eigenvalue weighted by atomic mass is 10.1. The average Bonchev–Trinajstić information content (AvgIpc) is 2.06. The zero-order chi connectivity index (χ0) is 8.97. The van der Waals surface area contributed by atoms with Crippen LogP contribution in [-0.4, -0.2) is 17.9 Å². The fourth-order valence-corrected chi connectivity index (χ4v) is 0.892. The predicted molar refractivity (Wildman–Crippen MR) is 47.3 cm³/mol. The first-order valence-corrected chi connectivity index (χ1v) is 3.61. The van der Waals surface area contributed by atoms with Crippen LogP contribution in [0.25, 0.3) is 0 Å². The fraction of sp³-hybridized carbons (Fsp3) is 0.222. The van der Waals surface area contributed by atoms with E-state index in [4.69, 9.17) is 5.11 Å². The zero-order valence-electron chi connectivity index (χ0n) is 7.11. The summed E-state index contributed by atoms with van der Waals surface area (Å²) in [6.07, 6.45) is 0. The van der Waals surface area contributed by atoms with Crippen molar-refractivity contribution in [2.45, 2.75) is 6.92 Å². The minimum absolute atomic E-state index is 0.254. The summed E-state index contributed by atoms with van der Waals surface area (Å²) in [4.78, 5) is 4.61. The highest BCUT2D eigenvalue weighted by atomic mass is 16.6. The van der Waals surface area contributed by atoms with E-state index in [9.17, 15) is 0 Å². The molecule has 0 aliphatic heterocycles. The second kappa shape index (κ2) is 3.76. The average molecular weight is 165 g/mol. The van der Waals surface area contributed by atoms with E-state index in [1.165, 1.54) is 7.11 Å². The zero-order valence-corrected chi connectivity index (χ0v) is 7.11. The molecule has 3 heteroatoms. The Kier molecular flexibility index (Phi) is 2.69. The van der Waals surface area contributed by atoms with Crippen LogP contribution in [0, 0.1) is 0 Å². The molecule has 0 aliphatic carbocycles. The van der Waals surface area contributed by atoms with Crippen LogP contribution < -0.4 is 0 Å². The normalized spacial score (nSPS) is 11.3. The molecule has 0 aromatic heterocycles. The van der Waals surface area contributed by atoms with E-state index in [0.29, 0.717) is 0 Å². The Bertz CT molecular complexity index is 277. The monoisotopic (exact) mass is 165 g/mol. The molecule has 0 aliphatic rings. The van der Waals surface area contributed by atoms with Crippen LogP contribution in [0.1, 0.15) is 12.5 Å². The molecule has 0 atom stereocenters. The van der Waals surface area contributed by atoms with Crippen molar-refractivity contribution >= 4 is 5.71 Å². The molecular formula is C9H11NO2. The van der Waals surface area contributed by atoms with Gasteiger partial charge in [0.05, 0.1) is 5.71 Å². The summed E-state index contributed by atoms with van der Waals surface area (Å²) in [6, 6.07) is 6.80. The van der Waals surface area contributed by atoms with Gasteiger partial charge in [0.1, 0.15) is 12.9 Å². The first-order valence-electron chi connectivity index (χ1n) is 3.61. The van der Waals surface area contributed by atoms with Crippen molar-refractivity contribution in [1.29, 1.82) is 0 Å². The van der Waals surface area contributed by atoms with E-state index < -0.39 is 0 Å². The van der Waals surface area contributed by atoms with Crippen LogP contribution in [0.2, 0.25) is 0 Å². The number of aromatic hydroxyl groups is 1. The number of nitrogens with zero attached hydrogens (tertiary/aromatic N) is 1. The number of oxime groups is 1. The summed E-state index contributed by atoms with van der Waals surface area (Å²) in [6.45, 7) is 1.84. The van der Waals surface area contributed by atoms with Crippen molar-refractivity contribution < 1.29 is 9.94 Å². The molecule has 0 amide bonds. The molecule has 12 heavy (non-hydrogen) atoms. The van der Waals surface area contributed by atoms with Gasteiger partial charge in [-0.2, -0.15) is 0 Å². The molecular weight excluding hydrogens is 154 g/mol. The maximum Gasteiger partial charge on any atom is 0.115 e. The van der Waals surface area contributed by atoms with Crippen LogP contribution in [0.4, 0.5) is 0 Å². The molecule has 0 unspecified atom stereocenters. The number of hydrogen-bond donors (Lipinski definition) is 1. The third kappa shape index (κ3) is 1.99. The largest absolute Gasteiger partial charge is 0.508 e. The number of hydrogen-bond acceptors (Lipinski definition) is 3. The molecule has 0 radical (unpaired) electrons. The fourth-order valence-electron chi connectivity index (χ4n) is 0.892. The highest BCUT2D eigenvalue weighted by Gasteiger charge is 1.96. The van der Waals surface area contributed by atoms with Crippen molar-refractivity contribution in [3.63, 3.8) is 0 Å². The molecule has 1 aromatic rings. The van der Waals surface area contributed by atoms with E-state index in [1.54, 1.807) is 24.3 Å². The summed E-state index contributed by atoms with van der Waals surface area (Å²) in [5, 5.41) is 12.8. The van der Waals surface area contributed by atoms with Gasteiger partial charge in [-0.3, -0.25) is 0 Å². The van der Waals surface area contributed by atoms with Crippen molar-refractivity contribution in [2.24, 2.45) is 5.16 Å². The van der Waals surface area contributed by atoms with Gasteiger partial charge < -0.3 is 9.94 Å². The maximum absolute atomic E-state index is 9.00. The van der Waals surface area contributed by atoms with E-state index in [0.717, 1.165) is 11.3 Å². The SMILES string of the molecule is CO/N=C(/C)c1ccc(O)cc1. The lowest BCUT2D eigenvalue weighted by Crippen LogP contribution is -1.93. The minimum atomic E-state index is 0.254. The summed E-state index contributed by atoms with van der Waals surface area (Å²) < 4.78 is 0. The molecule has 0 saturated heterocycles. The quantitative estimate of drug-likeness (QED) is 0.536. The lowest BCUT2D eigenvalue weighted by molar-refractivity contribution is 0.213. The molecule has 1 N–H and O–H groups in total. The van der Waals surface area contributed by atoms with Crippen LogP contribution in [0.15, 0.2) is 29.4 Å². The van der Waals surface area contributed by atoms with Gasteiger partial charge in [-0.25, -0.2) is 0 Å². The van der Waals surface area contributed by atoms with E-state index >= 15 is 0 Å². The van der Waals surface area contributed by atoms with Gasteiger partial charge in [0.25, 0.3) is 0 Å². The second-order valence-corrected chi connectivity index (χ2v) is 2.41. The molecule has 0 spiro atoms. The smallest absolute Gasteiger partial charge is 0.115 e. The van der Waals surface area contributed by atoms with Gasteiger partial charge in [0.15, 0.2) is 0 Å². The Morgan fingerprint density at radius 2 is 1.92 bits per heavy atom. The van der Waals surface area contributed by atoms with Crippen LogP contribution >= 0.6 is 0 Å². The van der Waals surface area contributed by atoms with Crippen LogP contribution in [0.5, 0.6) is 5.75 Å². The van der Waals surface area contributed by atoms with Crippen molar-refractivity contribution in [3.05, 3.63) is 29.8 Å². The molecule has 1 rings (SSSR count). The predicted octanol–water partition coefficient (Wildman–Crippen LogP) is 1.76. The minimum Gasteiger partial charge on any atom is -0.508 e. The summed E-state index contributed by atoms with van der Waals surface area (Å²) >= 11 is 0. The van der Waals surface area contributed by atoms with Crippen molar-refractivity contribution in [3.8, 4) is 5.75 Å². The van der Waals surface area contributed by atoms with Crippen molar-refractivity contribution in [1.82, 2.24) is 0 Å². The van der Waals surface area contributed by atoms with Gasteiger partial charge in [-0.15, -0.1) is 0 Å². The van der Waals surface area contributed by atoms with E-state index in [-0.39, 0.29) is 5.75 Å². The Balaban J connectivity index is 2.89. The molecule has 3 nitrogen and oxygen atoms in total. The van der Waals surface area contributed by atoms with Gasteiger partial charge in [0.2, 0.25) is 0 Å². The number of phenolic OH excluding ortho intramolecular Hbond substituents is 1. The van der Waals surface area contributed by atoms with Crippen LogP contribution in [-0.2, 0) is 4.84 Å². The standard InChI is InChI=1S/C9H11NO2/c1-7(10-12-2)8-3-5-9(11)6-4-8/h3-6,11H,1-2H3/b10-7-. The van der Waals surface area contributed by atoms with Gasteiger partial charge in [-0.05, 0) is 36.8 Å². The van der Waals surface area contributed by atoms with Gasteiger partial charge in [-0.1, -0.05) is 5.16 Å². The van der Waals surface area contributed by atoms with Gasteiger partial charge >= 0.3 is 0 Å². The number of rotatable bonds is 2. The molecule has 64 valence electrons. The number of benzene rings is 1. The Morgan fingerprint density at radius 3 is 2.42 bits per heavy atom. The molecule has 1 aromatic carbocycles. The highest BCUT2D eigenvalue weighted by Crippen LogP contribution is 2.10. The molecule has 0 saturated carbocycles. The molecule has 0 fully saturated rings. The molecule has 0 heterocycles. The Labute approximate surface area is 71.3 Å². The summed E-state index contributed by atoms with van der Waals surface area (Å²) in [5.74, 6) is 0.254. The summed E-state index contributed by atoms with van der Waals surface area (Å²) in [7, 11) is 1.50. The Morgan fingerprint density at radius 1 is 1.33 bits per heavy atom. The van der Waals surface area contributed by atoms with Gasteiger partial charge in [0, 0.05) is 0 Å². The Hall–Kier alpha value is -1.51. The second-order valence-electron chi connectivity index (χ2n) is 2.41. The highest BCUT2D eigenvalue weighted by molar-refractivity contribution is 5.98. The topological polar surface area (TPSA) is 41.8 Å². The first kappa shape index (κ1) is 8.59. The van der Waals surface area contributed by atoms with Crippen LogP contribution in [0.3, 0.4) is 0 Å². The molecule has 0 bridgehead atoms. The van der Waals surface area contributed by atoms with Crippen molar-refractivity contribution in [2.75, 3.05) is 7.11 Å². The maximum atomic E-state index is 9.00. The van der Waals surface area contributed by atoms with E-state index in [1.807, 2.05) is 6.92 Å². The first-order chi connectivity index (χ1) is 5.74.